The van der Waals surface area contributed by atoms with Gasteiger partial charge in [0.15, 0.2) is 0 Å². The third-order valence-corrected chi connectivity index (χ3v) is 2.74. The summed E-state index contributed by atoms with van der Waals surface area (Å²) >= 11 is 3.39. The van der Waals surface area contributed by atoms with Crippen LogP contribution in [0.25, 0.3) is 0 Å². The molecule has 0 saturated carbocycles. The minimum atomic E-state index is -0.459. The molecule has 1 unspecified atom stereocenters. The molecule has 1 aliphatic heterocycles. The molecule has 3 nitrogen and oxygen atoms in total. The summed E-state index contributed by atoms with van der Waals surface area (Å²) in [5, 5.41) is 12.6. The lowest BCUT2D eigenvalue weighted by molar-refractivity contribution is 0.0530. The molecule has 2 N–H and O–H groups in total. The van der Waals surface area contributed by atoms with Crippen molar-refractivity contribution in [2.45, 2.75) is 19.1 Å². The minimum Gasteiger partial charge on any atom is -0.484 e. The summed E-state index contributed by atoms with van der Waals surface area (Å²) in [6, 6.07) is 5.78. The monoisotopic (exact) mass is 257 g/mol. The van der Waals surface area contributed by atoms with Gasteiger partial charge in [0.05, 0.1) is 18.3 Å². The highest BCUT2D eigenvalue weighted by Gasteiger charge is 2.22. The molecule has 0 amide bonds. The van der Waals surface area contributed by atoms with E-state index in [0.29, 0.717) is 6.54 Å². The van der Waals surface area contributed by atoms with E-state index in [9.17, 15) is 5.11 Å². The fourth-order valence-corrected chi connectivity index (χ4v) is 1.79. The van der Waals surface area contributed by atoms with Crippen molar-refractivity contribution in [2.24, 2.45) is 0 Å². The van der Waals surface area contributed by atoms with Gasteiger partial charge in [0.1, 0.15) is 11.9 Å². The zero-order valence-electron chi connectivity index (χ0n) is 7.83. The average Bonchev–Trinajstić information content (AvgIpc) is 2.16. The molecule has 0 spiro atoms. The van der Waals surface area contributed by atoms with Crippen LogP contribution in [0, 0.1) is 0 Å². The van der Waals surface area contributed by atoms with Gasteiger partial charge < -0.3 is 15.2 Å². The second-order valence-corrected chi connectivity index (χ2v) is 4.33. The van der Waals surface area contributed by atoms with Gasteiger partial charge in [-0.3, -0.25) is 0 Å². The average molecular weight is 258 g/mol. The first kappa shape index (κ1) is 9.80. The predicted molar refractivity (Wildman–Crippen MR) is 58.7 cm³/mol. The third-order valence-electron chi connectivity index (χ3n) is 2.25. The molecule has 0 aromatic heterocycles. The molecule has 2 rings (SSSR count). The van der Waals surface area contributed by atoms with E-state index < -0.39 is 6.10 Å². The highest BCUT2D eigenvalue weighted by molar-refractivity contribution is 9.10. The number of halogens is 1. The third kappa shape index (κ3) is 1.86. The Morgan fingerprint density at radius 2 is 2.43 bits per heavy atom. The summed E-state index contributed by atoms with van der Waals surface area (Å²) in [7, 11) is 0. The van der Waals surface area contributed by atoms with Crippen LogP contribution in [0.15, 0.2) is 22.7 Å². The Bertz CT molecular complexity index is 341. The maximum absolute atomic E-state index is 9.38. The van der Waals surface area contributed by atoms with Crippen molar-refractivity contribution in [1.82, 2.24) is 0 Å². The second-order valence-electron chi connectivity index (χ2n) is 3.42. The summed E-state index contributed by atoms with van der Waals surface area (Å²) in [6.45, 7) is 2.37. The Morgan fingerprint density at radius 1 is 1.64 bits per heavy atom. The van der Waals surface area contributed by atoms with E-state index in [-0.39, 0.29) is 6.10 Å². The molecule has 0 saturated heterocycles. The van der Waals surface area contributed by atoms with Gasteiger partial charge in [0.25, 0.3) is 0 Å². The largest absolute Gasteiger partial charge is 0.484 e. The molecular weight excluding hydrogens is 246 g/mol. The lowest BCUT2D eigenvalue weighted by Gasteiger charge is -2.29. The second kappa shape index (κ2) is 3.79. The Hall–Kier alpha value is -0.740. The fourth-order valence-electron chi connectivity index (χ4n) is 1.43. The van der Waals surface area contributed by atoms with Gasteiger partial charge in [-0.05, 0) is 25.1 Å². The summed E-state index contributed by atoms with van der Waals surface area (Å²) in [5.41, 5.74) is 0.969. The van der Waals surface area contributed by atoms with Crippen molar-refractivity contribution < 1.29 is 9.84 Å². The van der Waals surface area contributed by atoms with Crippen LogP contribution in [0.4, 0.5) is 5.69 Å². The van der Waals surface area contributed by atoms with E-state index in [1.54, 1.807) is 6.92 Å². The van der Waals surface area contributed by atoms with Gasteiger partial charge in [-0.2, -0.15) is 0 Å². The quantitative estimate of drug-likeness (QED) is 0.809. The van der Waals surface area contributed by atoms with Gasteiger partial charge in [0, 0.05) is 4.47 Å². The van der Waals surface area contributed by atoms with E-state index >= 15 is 0 Å². The van der Waals surface area contributed by atoms with Gasteiger partial charge in [0.2, 0.25) is 0 Å². The Kier molecular flexibility index (Phi) is 2.65. The number of aliphatic hydroxyl groups excluding tert-OH is 1. The van der Waals surface area contributed by atoms with E-state index in [0.717, 1.165) is 15.9 Å². The Balaban J connectivity index is 2.23. The number of hydrogen-bond acceptors (Lipinski definition) is 3. The van der Waals surface area contributed by atoms with E-state index in [2.05, 4.69) is 21.2 Å². The molecule has 1 heterocycles. The molecule has 1 aromatic carbocycles. The van der Waals surface area contributed by atoms with E-state index in [1.807, 2.05) is 18.2 Å². The van der Waals surface area contributed by atoms with Gasteiger partial charge in [-0.15, -0.1) is 0 Å². The predicted octanol–water partition coefficient (Wildman–Crippen LogP) is 2.00. The highest BCUT2D eigenvalue weighted by Crippen LogP contribution is 2.32. The van der Waals surface area contributed by atoms with Crippen molar-refractivity contribution in [3.05, 3.63) is 22.7 Å². The smallest absolute Gasteiger partial charge is 0.143 e. The molecule has 76 valence electrons. The van der Waals surface area contributed by atoms with Crippen molar-refractivity contribution in [2.75, 3.05) is 11.9 Å². The van der Waals surface area contributed by atoms with Crippen LogP contribution in [0.5, 0.6) is 5.75 Å². The lowest BCUT2D eigenvalue weighted by atomic mass is 10.1. The molecule has 4 heteroatoms. The zero-order valence-corrected chi connectivity index (χ0v) is 9.41. The van der Waals surface area contributed by atoms with Crippen molar-refractivity contribution in [3.8, 4) is 5.75 Å². The van der Waals surface area contributed by atoms with Crippen LogP contribution in [-0.4, -0.2) is 23.9 Å². The van der Waals surface area contributed by atoms with Crippen molar-refractivity contribution in [3.63, 3.8) is 0 Å². The normalized spacial score (nSPS) is 21.8. The molecule has 14 heavy (non-hydrogen) atoms. The molecule has 0 fully saturated rings. The highest BCUT2D eigenvalue weighted by atomic mass is 79.9. The van der Waals surface area contributed by atoms with Gasteiger partial charge >= 0.3 is 0 Å². The molecule has 1 aliphatic rings. The number of ether oxygens (including phenoxy) is 1. The Labute approximate surface area is 91.2 Å². The van der Waals surface area contributed by atoms with E-state index in [1.165, 1.54) is 0 Å². The first-order chi connectivity index (χ1) is 6.66. The summed E-state index contributed by atoms with van der Waals surface area (Å²) in [5.74, 6) is 0.797. The van der Waals surface area contributed by atoms with E-state index in [4.69, 9.17) is 4.74 Å². The lowest BCUT2D eigenvalue weighted by Crippen LogP contribution is -2.39. The SMILES string of the molecule is C[C@H](O)C1CNc2cc(Br)ccc2O1. The van der Waals surface area contributed by atoms with Crippen LogP contribution in [0.3, 0.4) is 0 Å². The zero-order chi connectivity index (χ0) is 10.1. The van der Waals surface area contributed by atoms with Crippen molar-refractivity contribution in [1.29, 1.82) is 0 Å². The standard InChI is InChI=1S/C10H12BrNO2/c1-6(13)10-5-12-8-4-7(11)2-3-9(8)14-10/h2-4,6,10,12-13H,5H2,1H3/t6-,10?/m0/s1. The number of rotatable bonds is 1. The number of benzene rings is 1. The Morgan fingerprint density at radius 3 is 3.14 bits per heavy atom. The maximum atomic E-state index is 9.38. The number of anilines is 1. The van der Waals surface area contributed by atoms with Crippen molar-refractivity contribution >= 4 is 21.6 Å². The van der Waals surface area contributed by atoms with Crippen LogP contribution in [0.2, 0.25) is 0 Å². The maximum Gasteiger partial charge on any atom is 0.143 e. The number of fused-ring (bicyclic) bond motifs is 1. The topological polar surface area (TPSA) is 41.5 Å². The molecule has 2 atom stereocenters. The summed E-state index contributed by atoms with van der Waals surface area (Å²) < 4.78 is 6.63. The molecule has 0 bridgehead atoms. The summed E-state index contributed by atoms with van der Waals surface area (Å²) in [6.07, 6.45) is -0.622. The fraction of sp³-hybridized carbons (Fsp3) is 0.400. The molecule has 1 aromatic rings. The molecule has 0 aliphatic carbocycles. The molecular formula is C10H12BrNO2. The first-order valence-corrected chi connectivity index (χ1v) is 5.34. The molecule has 0 radical (unpaired) electrons. The van der Waals surface area contributed by atoms with Crippen LogP contribution >= 0.6 is 15.9 Å². The first-order valence-electron chi connectivity index (χ1n) is 4.55. The van der Waals surface area contributed by atoms with Crippen LogP contribution < -0.4 is 10.1 Å². The number of nitrogens with one attached hydrogen (secondary N) is 1. The number of aliphatic hydroxyl groups is 1. The van der Waals surface area contributed by atoms with Crippen LogP contribution in [-0.2, 0) is 0 Å². The number of hydrogen-bond donors (Lipinski definition) is 2. The summed E-state index contributed by atoms with van der Waals surface area (Å²) in [4.78, 5) is 0. The van der Waals surface area contributed by atoms with Crippen LogP contribution in [0.1, 0.15) is 6.92 Å². The van der Waals surface area contributed by atoms with Gasteiger partial charge in [-0.25, -0.2) is 0 Å². The van der Waals surface area contributed by atoms with Gasteiger partial charge in [-0.1, -0.05) is 15.9 Å². The minimum absolute atomic E-state index is 0.163.